The second-order valence-corrected chi connectivity index (χ2v) is 6.51. The molecule has 1 fully saturated rings. The lowest BCUT2D eigenvalue weighted by molar-refractivity contribution is -0.151. The molecule has 0 bridgehead atoms. The largest absolute Gasteiger partial charge is 0.466 e. The van der Waals surface area contributed by atoms with E-state index in [1.165, 1.54) is 23.9 Å². The van der Waals surface area contributed by atoms with Crippen molar-refractivity contribution < 1.29 is 18.7 Å². The van der Waals surface area contributed by atoms with E-state index in [1.807, 2.05) is 4.90 Å². The van der Waals surface area contributed by atoms with Crippen molar-refractivity contribution in [2.24, 2.45) is 5.92 Å². The molecule has 0 spiro atoms. The molecule has 1 heterocycles. The van der Waals surface area contributed by atoms with E-state index in [-0.39, 0.29) is 23.6 Å². The number of hydrogen-bond donors (Lipinski definition) is 0. The molecular weight excluding hydrogens is 317 g/mol. The Kier molecular flexibility index (Phi) is 6.89. The summed E-state index contributed by atoms with van der Waals surface area (Å²) in [6.45, 7) is 3.42. The van der Waals surface area contributed by atoms with Crippen LogP contribution in [0.2, 0.25) is 0 Å². The van der Waals surface area contributed by atoms with Gasteiger partial charge in [0.2, 0.25) is 5.91 Å². The number of halogens is 1. The Morgan fingerprint density at radius 1 is 1.26 bits per heavy atom. The number of rotatable bonds is 6. The minimum Gasteiger partial charge on any atom is -0.466 e. The predicted octanol–water partition coefficient (Wildman–Crippen LogP) is 2.86. The zero-order chi connectivity index (χ0) is 16.7. The molecule has 1 aliphatic heterocycles. The summed E-state index contributed by atoms with van der Waals surface area (Å²) in [6.07, 6.45) is 1.35. The number of ether oxygens (including phenoxy) is 1. The third-order valence-electron chi connectivity index (χ3n) is 3.88. The van der Waals surface area contributed by atoms with Crippen molar-refractivity contribution in [3.05, 3.63) is 35.6 Å². The van der Waals surface area contributed by atoms with Crippen molar-refractivity contribution in [3.63, 3.8) is 0 Å². The number of hydrogen-bond acceptors (Lipinski definition) is 4. The number of likely N-dealkylation sites (tertiary alicyclic amines) is 1. The number of amides is 1. The number of nitrogens with zero attached hydrogens (tertiary/aromatic N) is 1. The number of thioether (sulfide) groups is 1. The average molecular weight is 339 g/mol. The molecule has 1 amide bonds. The maximum atomic E-state index is 12.8. The minimum atomic E-state index is -0.251. The highest BCUT2D eigenvalue weighted by atomic mass is 32.2. The monoisotopic (exact) mass is 339 g/mol. The van der Waals surface area contributed by atoms with E-state index in [1.54, 1.807) is 19.1 Å². The molecule has 0 aliphatic carbocycles. The van der Waals surface area contributed by atoms with E-state index in [0.717, 1.165) is 5.56 Å². The van der Waals surface area contributed by atoms with Gasteiger partial charge in [0, 0.05) is 18.8 Å². The molecule has 2 rings (SSSR count). The van der Waals surface area contributed by atoms with Crippen LogP contribution in [0.15, 0.2) is 24.3 Å². The molecule has 4 nitrogen and oxygen atoms in total. The number of piperidine rings is 1. The summed E-state index contributed by atoms with van der Waals surface area (Å²) in [5, 5.41) is 0. The van der Waals surface area contributed by atoms with Crippen LogP contribution in [0.3, 0.4) is 0 Å². The van der Waals surface area contributed by atoms with Crippen molar-refractivity contribution in [2.45, 2.75) is 25.5 Å². The molecule has 0 N–H and O–H groups in total. The molecule has 0 unspecified atom stereocenters. The summed E-state index contributed by atoms with van der Waals surface area (Å²) in [5.41, 5.74) is 1.00. The Balaban J connectivity index is 1.68. The summed E-state index contributed by atoms with van der Waals surface area (Å²) < 4.78 is 17.8. The summed E-state index contributed by atoms with van der Waals surface area (Å²) in [4.78, 5) is 25.7. The summed E-state index contributed by atoms with van der Waals surface area (Å²) in [7, 11) is 0. The van der Waals surface area contributed by atoms with Gasteiger partial charge >= 0.3 is 5.97 Å². The smallest absolute Gasteiger partial charge is 0.309 e. The van der Waals surface area contributed by atoms with Crippen LogP contribution in [0.1, 0.15) is 25.3 Å². The van der Waals surface area contributed by atoms with Crippen molar-refractivity contribution in [2.75, 3.05) is 25.4 Å². The zero-order valence-corrected chi connectivity index (χ0v) is 14.1. The van der Waals surface area contributed by atoms with E-state index in [0.29, 0.717) is 44.0 Å². The highest BCUT2D eigenvalue weighted by Gasteiger charge is 2.27. The zero-order valence-electron chi connectivity index (χ0n) is 13.3. The molecule has 6 heteroatoms. The third-order valence-corrected chi connectivity index (χ3v) is 4.86. The number of esters is 1. The molecular formula is C17H22FNO3S. The average Bonchev–Trinajstić information content (AvgIpc) is 2.57. The topological polar surface area (TPSA) is 46.6 Å². The van der Waals surface area contributed by atoms with Crippen molar-refractivity contribution in [1.29, 1.82) is 0 Å². The molecule has 1 aromatic rings. The lowest BCUT2D eigenvalue weighted by Crippen LogP contribution is -2.41. The molecule has 0 atom stereocenters. The number of benzene rings is 1. The van der Waals surface area contributed by atoms with Crippen LogP contribution in [0, 0.1) is 11.7 Å². The Morgan fingerprint density at radius 3 is 2.52 bits per heavy atom. The number of carbonyl (C=O) groups is 2. The molecule has 1 aromatic carbocycles. The van der Waals surface area contributed by atoms with Crippen LogP contribution in [-0.4, -0.2) is 42.2 Å². The molecule has 0 saturated carbocycles. The van der Waals surface area contributed by atoms with E-state index < -0.39 is 0 Å². The Labute approximate surface area is 140 Å². The van der Waals surface area contributed by atoms with Gasteiger partial charge in [-0.05, 0) is 37.5 Å². The molecule has 0 aromatic heterocycles. The number of carbonyl (C=O) groups excluding carboxylic acids is 2. The summed E-state index contributed by atoms with van der Waals surface area (Å²) >= 11 is 1.52. The Hall–Kier alpha value is -1.56. The van der Waals surface area contributed by atoms with Gasteiger partial charge in [-0.1, -0.05) is 12.1 Å². The molecule has 0 radical (unpaired) electrons. The fourth-order valence-corrected chi connectivity index (χ4v) is 3.44. The van der Waals surface area contributed by atoms with Crippen molar-refractivity contribution >= 4 is 23.6 Å². The van der Waals surface area contributed by atoms with Crippen LogP contribution >= 0.6 is 11.8 Å². The van der Waals surface area contributed by atoms with Gasteiger partial charge in [-0.3, -0.25) is 9.59 Å². The van der Waals surface area contributed by atoms with Gasteiger partial charge in [-0.15, -0.1) is 11.8 Å². The maximum Gasteiger partial charge on any atom is 0.309 e. The van der Waals surface area contributed by atoms with Crippen molar-refractivity contribution in [3.8, 4) is 0 Å². The first kappa shape index (κ1) is 17.8. The molecule has 23 heavy (non-hydrogen) atoms. The summed E-state index contributed by atoms with van der Waals surface area (Å²) in [6, 6.07) is 6.32. The lowest BCUT2D eigenvalue weighted by Gasteiger charge is -2.30. The molecule has 126 valence electrons. The molecule has 1 saturated heterocycles. The minimum absolute atomic E-state index is 0.0779. The third kappa shape index (κ3) is 5.53. The van der Waals surface area contributed by atoms with Crippen LogP contribution in [0.4, 0.5) is 4.39 Å². The van der Waals surface area contributed by atoms with Crippen LogP contribution < -0.4 is 0 Å². The van der Waals surface area contributed by atoms with Gasteiger partial charge in [0.05, 0.1) is 18.3 Å². The van der Waals surface area contributed by atoms with Crippen LogP contribution in [-0.2, 0) is 20.1 Å². The Morgan fingerprint density at radius 2 is 1.91 bits per heavy atom. The second kappa shape index (κ2) is 8.91. The SMILES string of the molecule is CCOC(=O)C1CCN(C(=O)CSCc2ccc(F)cc2)CC1. The fourth-order valence-electron chi connectivity index (χ4n) is 2.55. The quantitative estimate of drug-likeness (QED) is 0.748. The van der Waals surface area contributed by atoms with Gasteiger partial charge in [-0.2, -0.15) is 0 Å². The van der Waals surface area contributed by atoms with Crippen LogP contribution in [0.5, 0.6) is 0 Å². The van der Waals surface area contributed by atoms with Crippen molar-refractivity contribution in [1.82, 2.24) is 4.90 Å². The van der Waals surface area contributed by atoms with Crippen LogP contribution in [0.25, 0.3) is 0 Å². The lowest BCUT2D eigenvalue weighted by atomic mass is 9.97. The first-order valence-electron chi connectivity index (χ1n) is 7.86. The second-order valence-electron chi connectivity index (χ2n) is 5.53. The van der Waals surface area contributed by atoms with Gasteiger partial charge < -0.3 is 9.64 Å². The standard InChI is InChI=1S/C17H22FNO3S/c1-2-22-17(21)14-7-9-19(10-8-14)16(20)12-23-11-13-3-5-15(18)6-4-13/h3-6,14H,2,7-12H2,1H3. The van der Waals surface area contributed by atoms with Gasteiger partial charge in [0.15, 0.2) is 0 Å². The fraction of sp³-hybridized carbons (Fsp3) is 0.529. The Bertz CT molecular complexity index is 527. The first-order chi connectivity index (χ1) is 11.1. The molecule has 1 aliphatic rings. The first-order valence-corrected chi connectivity index (χ1v) is 9.02. The van der Waals surface area contributed by atoms with Gasteiger partial charge in [-0.25, -0.2) is 4.39 Å². The van der Waals surface area contributed by atoms with E-state index in [4.69, 9.17) is 4.74 Å². The normalized spacial score (nSPS) is 15.5. The van der Waals surface area contributed by atoms with E-state index in [2.05, 4.69) is 0 Å². The highest BCUT2D eigenvalue weighted by molar-refractivity contribution is 7.99. The van der Waals surface area contributed by atoms with Gasteiger partial charge in [0.25, 0.3) is 0 Å². The predicted molar refractivity (Wildman–Crippen MR) is 88.5 cm³/mol. The van der Waals surface area contributed by atoms with Gasteiger partial charge in [0.1, 0.15) is 5.82 Å². The van der Waals surface area contributed by atoms with E-state index in [9.17, 15) is 14.0 Å². The highest BCUT2D eigenvalue weighted by Crippen LogP contribution is 2.20. The maximum absolute atomic E-state index is 12.8. The summed E-state index contributed by atoms with van der Waals surface area (Å²) in [5.74, 6) is 0.710. The van der Waals surface area contributed by atoms with E-state index >= 15 is 0 Å².